The Morgan fingerprint density at radius 1 is 1.71 bits per heavy atom. The fourth-order valence-corrected chi connectivity index (χ4v) is 0.938. The molecule has 0 aromatic rings. The number of hydrogen-bond donors (Lipinski definition) is 0. The maximum absolute atomic E-state index is 5.89. The van der Waals surface area contributed by atoms with Gasteiger partial charge < -0.3 is 0 Å². The van der Waals surface area contributed by atoms with E-state index in [4.69, 9.17) is 11.6 Å². The molecule has 0 spiro atoms. The largest absolute Gasteiger partial charge is 0.119 e. The Bertz CT molecular complexity index is 64.6. The molecule has 1 aliphatic rings. The van der Waals surface area contributed by atoms with Crippen molar-refractivity contribution in [1.29, 1.82) is 0 Å². The van der Waals surface area contributed by atoms with Gasteiger partial charge in [0.2, 0.25) is 0 Å². The van der Waals surface area contributed by atoms with Crippen LogP contribution in [0.15, 0.2) is 0 Å². The van der Waals surface area contributed by atoms with Crippen LogP contribution in [0, 0.1) is 6.42 Å². The minimum absolute atomic E-state index is 0.148. The summed E-state index contributed by atoms with van der Waals surface area (Å²) in [7, 11) is 0. The lowest BCUT2D eigenvalue weighted by molar-refractivity contribution is 0.937. The minimum Gasteiger partial charge on any atom is -0.119 e. The second-order valence-electron chi connectivity index (χ2n) is 2.15. The molecule has 0 aliphatic heterocycles. The second-order valence-corrected chi connectivity index (χ2v) is 2.90. The van der Waals surface area contributed by atoms with Gasteiger partial charge in [0.05, 0.1) is 0 Å². The average Bonchev–Trinajstić information content (AvgIpc) is 2.22. The molecule has 1 heteroatoms. The normalized spacial score (nSPS) is 24.9. The van der Waals surface area contributed by atoms with E-state index in [1.807, 2.05) is 0 Å². The molecule has 41 valence electrons. The third-order valence-corrected chi connectivity index (χ3v) is 1.83. The van der Waals surface area contributed by atoms with Crippen LogP contribution in [0.2, 0.25) is 0 Å². The number of halogens is 1. The van der Waals surface area contributed by atoms with Gasteiger partial charge in [-0.2, -0.15) is 0 Å². The van der Waals surface area contributed by atoms with Crippen molar-refractivity contribution in [2.75, 3.05) is 0 Å². The molecule has 1 fully saturated rings. The monoisotopic (exact) mass is 117 g/mol. The van der Waals surface area contributed by atoms with Crippen molar-refractivity contribution < 1.29 is 0 Å². The van der Waals surface area contributed by atoms with Crippen LogP contribution in [0.1, 0.15) is 26.2 Å². The molecule has 0 N–H and O–H groups in total. The molecule has 0 unspecified atom stereocenters. The number of alkyl halides is 1. The van der Waals surface area contributed by atoms with E-state index >= 15 is 0 Å². The van der Waals surface area contributed by atoms with E-state index in [2.05, 4.69) is 13.3 Å². The van der Waals surface area contributed by atoms with E-state index in [1.54, 1.807) is 0 Å². The molecule has 1 radical (unpaired) electrons. The Kier molecular flexibility index (Phi) is 1.29. The van der Waals surface area contributed by atoms with Crippen LogP contribution in [0.25, 0.3) is 0 Å². The van der Waals surface area contributed by atoms with Gasteiger partial charge in [-0.15, -0.1) is 11.6 Å². The van der Waals surface area contributed by atoms with Crippen molar-refractivity contribution in [2.45, 2.75) is 31.1 Å². The Labute approximate surface area is 49.9 Å². The highest BCUT2D eigenvalue weighted by Crippen LogP contribution is 2.45. The highest BCUT2D eigenvalue weighted by Gasteiger charge is 2.39. The van der Waals surface area contributed by atoms with Crippen molar-refractivity contribution in [3.05, 3.63) is 6.42 Å². The summed E-state index contributed by atoms with van der Waals surface area (Å²) in [4.78, 5) is 0.148. The lowest BCUT2D eigenvalue weighted by Gasteiger charge is -1.97. The van der Waals surface area contributed by atoms with Gasteiger partial charge in [0.25, 0.3) is 0 Å². The van der Waals surface area contributed by atoms with Crippen molar-refractivity contribution in [3.63, 3.8) is 0 Å². The third-order valence-electron chi connectivity index (χ3n) is 1.30. The van der Waals surface area contributed by atoms with E-state index in [0.29, 0.717) is 0 Å². The van der Waals surface area contributed by atoms with Crippen LogP contribution in [0.4, 0.5) is 0 Å². The first-order chi connectivity index (χ1) is 3.27. The van der Waals surface area contributed by atoms with Crippen molar-refractivity contribution in [3.8, 4) is 0 Å². The van der Waals surface area contributed by atoms with E-state index in [0.717, 1.165) is 6.42 Å². The molecule has 0 nitrogen and oxygen atoms in total. The molecule has 0 saturated heterocycles. The fourth-order valence-electron chi connectivity index (χ4n) is 0.689. The maximum Gasteiger partial charge on any atom is 0.0479 e. The molecule has 0 atom stereocenters. The van der Waals surface area contributed by atoms with Crippen molar-refractivity contribution in [1.82, 2.24) is 0 Å². The predicted octanol–water partition coefficient (Wildman–Crippen LogP) is 2.37. The SMILES string of the molecule is CC[CH]C1(Cl)CC1. The van der Waals surface area contributed by atoms with E-state index < -0.39 is 0 Å². The molecule has 0 aromatic carbocycles. The first-order valence-electron chi connectivity index (χ1n) is 2.80. The topological polar surface area (TPSA) is 0 Å². The fraction of sp³-hybridized carbons (Fsp3) is 0.833. The smallest absolute Gasteiger partial charge is 0.0479 e. The van der Waals surface area contributed by atoms with Crippen LogP contribution in [0.5, 0.6) is 0 Å². The van der Waals surface area contributed by atoms with Crippen molar-refractivity contribution >= 4 is 11.6 Å². The highest BCUT2D eigenvalue weighted by molar-refractivity contribution is 6.26. The third kappa shape index (κ3) is 1.34. The van der Waals surface area contributed by atoms with Gasteiger partial charge in [-0.05, 0) is 19.3 Å². The summed E-state index contributed by atoms with van der Waals surface area (Å²) in [6.07, 6.45) is 5.70. The molecule has 0 aromatic heterocycles. The van der Waals surface area contributed by atoms with Crippen LogP contribution in [0.3, 0.4) is 0 Å². The molecule has 7 heavy (non-hydrogen) atoms. The Morgan fingerprint density at radius 3 is 2.43 bits per heavy atom. The van der Waals surface area contributed by atoms with Gasteiger partial charge in [-0.25, -0.2) is 0 Å². The lowest BCUT2D eigenvalue weighted by Crippen LogP contribution is -1.94. The highest BCUT2D eigenvalue weighted by atomic mass is 35.5. The molecular formula is C6H10Cl. The van der Waals surface area contributed by atoms with E-state index in [1.165, 1.54) is 12.8 Å². The van der Waals surface area contributed by atoms with Gasteiger partial charge in [0, 0.05) is 4.87 Å². The van der Waals surface area contributed by atoms with Gasteiger partial charge in [0.15, 0.2) is 0 Å². The molecule has 1 rings (SSSR count). The Balaban J connectivity index is 2.13. The molecule has 1 aliphatic carbocycles. The summed E-state index contributed by atoms with van der Waals surface area (Å²) >= 11 is 5.89. The summed E-state index contributed by atoms with van der Waals surface area (Å²) in [6, 6.07) is 0. The zero-order chi connectivity index (χ0) is 5.33. The summed E-state index contributed by atoms with van der Waals surface area (Å²) < 4.78 is 0. The second kappa shape index (κ2) is 1.66. The summed E-state index contributed by atoms with van der Waals surface area (Å²) in [5, 5.41) is 0. The molecular weight excluding hydrogens is 108 g/mol. The van der Waals surface area contributed by atoms with Gasteiger partial charge in [0.1, 0.15) is 0 Å². The van der Waals surface area contributed by atoms with E-state index in [-0.39, 0.29) is 4.87 Å². The standard InChI is InChI=1S/C6H10Cl/c1-2-3-6(7)4-5-6/h3H,2,4-5H2,1H3. The Hall–Kier alpha value is 0.290. The van der Waals surface area contributed by atoms with Crippen LogP contribution in [-0.2, 0) is 0 Å². The van der Waals surface area contributed by atoms with Crippen LogP contribution < -0.4 is 0 Å². The van der Waals surface area contributed by atoms with Crippen LogP contribution in [-0.4, -0.2) is 4.87 Å². The molecule has 0 bridgehead atoms. The van der Waals surface area contributed by atoms with E-state index in [9.17, 15) is 0 Å². The maximum atomic E-state index is 5.89. The molecule has 0 heterocycles. The van der Waals surface area contributed by atoms with Gasteiger partial charge in [-0.1, -0.05) is 13.3 Å². The summed E-state index contributed by atoms with van der Waals surface area (Å²) in [5.74, 6) is 0. The number of hydrogen-bond acceptors (Lipinski definition) is 0. The van der Waals surface area contributed by atoms with Crippen LogP contribution >= 0.6 is 11.6 Å². The summed E-state index contributed by atoms with van der Waals surface area (Å²) in [6.45, 7) is 2.13. The first kappa shape index (κ1) is 5.43. The zero-order valence-electron chi connectivity index (χ0n) is 4.58. The van der Waals surface area contributed by atoms with Gasteiger partial charge in [-0.3, -0.25) is 0 Å². The quantitative estimate of drug-likeness (QED) is 0.487. The summed E-state index contributed by atoms with van der Waals surface area (Å²) in [5.41, 5.74) is 0. The first-order valence-corrected chi connectivity index (χ1v) is 3.18. The van der Waals surface area contributed by atoms with Crippen molar-refractivity contribution in [2.24, 2.45) is 0 Å². The molecule has 1 saturated carbocycles. The Morgan fingerprint density at radius 2 is 2.29 bits per heavy atom. The minimum atomic E-state index is 0.148. The lowest BCUT2D eigenvalue weighted by atomic mass is 10.2. The molecule has 0 amide bonds. The number of rotatable bonds is 2. The predicted molar refractivity (Wildman–Crippen MR) is 32.4 cm³/mol. The average molecular weight is 118 g/mol. The zero-order valence-corrected chi connectivity index (χ0v) is 5.33. The van der Waals surface area contributed by atoms with Gasteiger partial charge >= 0.3 is 0 Å².